The van der Waals surface area contributed by atoms with E-state index < -0.39 is 0 Å². The van der Waals surface area contributed by atoms with Gasteiger partial charge in [-0.25, -0.2) is 4.79 Å². The third kappa shape index (κ3) is 3.53. The number of rotatable bonds is 4. The molecule has 4 aliphatic carbocycles. The number of carbonyl (C=O) groups is 1. The van der Waals surface area contributed by atoms with Crippen LogP contribution < -0.4 is 0 Å². The van der Waals surface area contributed by atoms with Crippen LogP contribution in [-0.4, -0.2) is 17.7 Å². The Labute approximate surface area is 192 Å². The van der Waals surface area contributed by atoms with Crippen molar-refractivity contribution in [1.29, 1.82) is 0 Å². The third-order valence-electron chi connectivity index (χ3n) is 9.89. The SMILES string of the molecule is C[C@@]12C=C[C@]3(CC[C@H]4[C@](C)(COC(=O)C=Cc5ccc(O)cc5)CCC[C@]4(C)[C@H]3CC1)C2. The summed E-state index contributed by atoms with van der Waals surface area (Å²) >= 11 is 0. The second-order valence-corrected chi connectivity index (χ2v) is 12.1. The molecular formula is C29H38O3. The summed E-state index contributed by atoms with van der Waals surface area (Å²) in [6, 6.07) is 6.82. The first kappa shape index (κ1) is 21.8. The van der Waals surface area contributed by atoms with Gasteiger partial charge in [0.15, 0.2) is 0 Å². The van der Waals surface area contributed by atoms with E-state index in [1.54, 1.807) is 30.3 Å². The highest BCUT2D eigenvalue weighted by molar-refractivity contribution is 5.87. The molecule has 0 heterocycles. The van der Waals surface area contributed by atoms with Crippen molar-refractivity contribution in [3.63, 3.8) is 0 Å². The number of hydrogen-bond acceptors (Lipinski definition) is 3. The number of allylic oxidation sites excluding steroid dienone is 2. The molecule has 3 fully saturated rings. The maximum Gasteiger partial charge on any atom is 0.330 e. The maximum atomic E-state index is 12.5. The predicted molar refractivity (Wildman–Crippen MR) is 128 cm³/mol. The number of fused-ring (bicyclic) bond motifs is 3. The monoisotopic (exact) mass is 434 g/mol. The van der Waals surface area contributed by atoms with Gasteiger partial charge < -0.3 is 9.84 Å². The number of carbonyl (C=O) groups excluding carboxylic acids is 1. The van der Waals surface area contributed by atoms with E-state index in [4.69, 9.17) is 4.74 Å². The first-order valence-corrected chi connectivity index (χ1v) is 12.5. The zero-order valence-corrected chi connectivity index (χ0v) is 19.9. The molecule has 3 nitrogen and oxygen atoms in total. The molecule has 2 bridgehead atoms. The minimum absolute atomic E-state index is 0.0553. The average Bonchev–Trinajstić information content (AvgIpc) is 3.00. The normalized spacial score (nSPS) is 42.5. The molecule has 1 spiro atoms. The van der Waals surface area contributed by atoms with Crippen molar-refractivity contribution in [2.45, 2.75) is 72.1 Å². The van der Waals surface area contributed by atoms with Crippen molar-refractivity contribution in [3.8, 4) is 5.75 Å². The van der Waals surface area contributed by atoms with Gasteiger partial charge in [0.25, 0.3) is 0 Å². The van der Waals surface area contributed by atoms with Gasteiger partial charge in [-0.3, -0.25) is 0 Å². The smallest absolute Gasteiger partial charge is 0.330 e. The number of hydrogen-bond donors (Lipinski definition) is 1. The topological polar surface area (TPSA) is 46.5 Å². The summed E-state index contributed by atoms with van der Waals surface area (Å²) in [6.07, 6.45) is 18.7. The Kier molecular flexibility index (Phi) is 5.11. The largest absolute Gasteiger partial charge is 0.508 e. The summed E-state index contributed by atoms with van der Waals surface area (Å²) in [7, 11) is 0. The van der Waals surface area contributed by atoms with E-state index in [1.807, 2.05) is 0 Å². The fourth-order valence-electron chi connectivity index (χ4n) is 8.47. The Morgan fingerprint density at radius 1 is 1.03 bits per heavy atom. The molecule has 0 radical (unpaired) electrons. The van der Waals surface area contributed by atoms with Gasteiger partial charge in [-0.1, -0.05) is 51.5 Å². The highest BCUT2D eigenvalue weighted by Crippen LogP contribution is 2.71. The van der Waals surface area contributed by atoms with Crippen LogP contribution in [0.3, 0.4) is 0 Å². The van der Waals surface area contributed by atoms with E-state index in [1.165, 1.54) is 51.0 Å². The van der Waals surface area contributed by atoms with E-state index in [0.717, 1.165) is 17.9 Å². The van der Waals surface area contributed by atoms with Crippen molar-refractivity contribution in [2.75, 3.05) is 6.61 Å². The lowest BCUT2D eigenvalue weighted by Gasteiger charge is -2.64. The van der Waals surface area contributed by atoms with Gasteiger partial charge in [0.1, 0.15) is 5.75 Å². The van der Waals surface area contributed by atoms with Crippen LogP contribution in [0, 0.1) is 33.5 Å². The molecule has 0 aromatic heterocycles. The van der Waals surface area contributed by atoms with Gasteiger partial charge in [-0.15, -0.1) is 0 Å². The highest BCUT2D eigenvalue weighted by Gasteiger charge is 2.63. The van der Waals surface area contributed by atoms with Crippen LogP contribution in [0.25, 0.3) is 6.08 Å². The zero-order chi connectivity index (χ0) is 22.6. The standard InChI is InChI=1S/C29H38O3/c1-26-15-11-24-28(3)14-4-13-27(2,23(28)12-16-29(24,19-26)18-17-26)20-32-25(31)10-7-21-5-8-22(30)9-6-21/h5-10,17-18,23-24,30H,4,11-16,19-20H2,1-3H3/t23-,24+,26-,27-,28-,29+/m0/s1. The minimum Gasteiger partial charge on any atom is -0.508 e. The number of ether oxygens (including phenoxy) is 1. The van der Waals surface area contributed by atoms with E-state index in [0.29, 0.717) is 28.8 Å². The van der Waals surface area contributed by atoms with Gasteiger partial charge in [0.05, 0.1) is 6.61 Å². The molecular weight excluding hydrogens is 396 g/mol. The van der Waals surface area contributed by atoms with Gasteiger partial charge in [-0.05, 0) is 96.8 Å². The van der Waals surface area contributed by atoms with E-state index >= 15 is 0 Å². The van der Waals surface area contributed by atoms with Gasteiger partial charge in [-0.2, -0.15) is 0 Å². The molecule has 1 aromatic rings. The number of esters is 1. The molecule has 1 N–H and O–H groups in total. The van der Waals surface area contributed by atoms with Gasteiger partial charge in [0, 0.05) is 11.5 Å². The third-order valence-corrected chi connectivity index (χ3v) is 9.89. The lowest BCUT2D eigenvalue weighted by Crippen LogP contribution is -2.58. The number of aromatic hydroxyl groups is 1. The fraction of sp³-hybridized carbons (Fsp3) is 0.621. The molecule has 4 aliphatic rings. The van der Waals surface area contributed by atoms with Crippen LogP contribution in [-0.2, 0) is 9.53 Å². The highest BCUT2D eigenvalue weighted by atomic mass is 16.5. The van der Waals surface area contributed by atoms with Crippen LogP contribution in [0.2, 0.25) is 0 Å². The fourth-order valence-corrected chi connectivity index (χ4v) is 8.47. The summed E-state index contributed by atoms with van der Waals surface area (Å²) in [5, 5.41) is 9.41. The van der Waals surface area contributed by atoms with E-state index in [9.17, 15) is 9.90 Å². The predicted octanol–water partition coefficient (Wildman–Crippen LogP) is 6.92. The molecule has 0 amide bonds. The van der Waals surface area contributed by atoms with Crippen molar-refractivity contribution in [2.24, 2.45) is 33.5 Å². The Morgan fingerprint density at radius 3 is 2.56 bits per heavy atom. The van der Waals surface area contributed by atoms with Crippen molar-refractivity contribution in [3.05, 3.63) is 48.1 Å². The maximum absolute atomic E-state index is 12.5. The number of phenols is 1. The van der Waals surface area contributed by atoms with E-state index in [-0.39, 0.29) is 17.1 Å². The Morgan fingerprint density at radius 2 is 1.78 bits per heavy atom. The summed E-state index contributed by atoms with van der Waals surface area (Å²) in [6.45, 7) is 7.92. The van der Waals surface area contributed by atoms with Gasteiger partial charge >= 0.3 is 5.97 Å². The molecule has 172 valence electrons. The van der Waals surface area contributed by atoms with Crippen LogP contribution in [0.1, 0.15) is 77.7 Å². The molecule has 6 atom stereocenters. The minimum atomic E-state index is -0.272. The van der Waals surface area contributed by atoms with E-state index in [2.05, 4.69) is 32.9 Å². The lowest BCUT2D eigenvalue weighted by molar-refractivity contribution is -0.168. The van der Waals surface area contributed by atoms with Crippen molar-refractivity contribution < 1.29 is 14.6 Å². The summed E-state index contributed by atoms with van der Waals surface area (Å²) < 4.78 is 5.85. The summed E-state index contributed by atoms with van der Waals surface area (Å²) in [5.74, 6) is 1.34. The molecule has 0 saturated heterocycles. The second kappa shape index (κ2) is 7.50. The number of benzene rings is 1. The van der Waals surface area contributed by atoms with Gasteiger partial charge in [0.2, 0.25) is 0 Å². The Hall–Kier alpha value is -2.03. The molecule has 0 unspecified atom stereocenters. The zero-order valence-electron chi connectivity index (χ0n) is 19.9. The van der Waals surface area contributed by atoms with Crippen molar-refractivity contribution in [1.82, 2.24) is 0 Å². The van der Waals surface area contributed by atoms with Crippen LogP contribution in [0.5, 0.6) is 5.75 Å². The Bertz CT molecular complexity index is 946. The molecule has 0 aliphatic heterocycles. The number of phenolic OH excluding ortho intramolecular Hbond substituents is 1. The lowest BCUT2D eigenvalue weighted by atomic mass is 9.40. The average molecular weight is 435 g/mol. The summed E-state index contributed by atoms with van der Waals surface area (Å²) in [4.78, 5) is 12.5. The first-order valence-electron chi connectivity index (χ1n) is 12.5. The molecule has 1 aromatic carbocycles. The van der Waals surface area contributed by atoms with Crippen molar-refractivity contribution >= 4 is 12.0 Å². The quantitative estimate of drug-likeness (QED) is 0.318. The summed E-state index contributed by atoms with van der Waals surface area (Å²) in [5.41, 5.74) is 2.12. The molecule has 5 rings (SSSR count). The Balaban J connectivity index is 1.29. The molecule has 32 heavy (non-hydrogen) atoms. The second-order valence-electron chi connectivity index (χ2n) is 12.1. The molecule has 3 saturated carbocycles. The van der Waals surface area contributed by atoms with Crippen LogP contribution in [0.15, 0.2) is 42.5 Å². The molecule has 3 heteroatoms. The first-order chi connectivity index (χ1) is 15.2. The van der Waals surface area contributed by atoms with Crippen LogP contribution >= 0.6 is 0 Å². The van der Waals surface area contributed by atoms with Crippen LogP contribution in [0.4, 0.5) is 0 Å².